The van der Waals surface area contributed by atoms with Crippen LogP contribution in [0.25, 0.3) is 0 Å². The van der Waals surface area contributed by atoms with Gasteiger partial charge in [0.2, 0.25) is 0 Å². The Balaban J connectivity index is 2.41. The van der Waals surface area contributed by atoms with Gasteiger partial charge in [-0.2, -0.15) is 0 Å². The van der Waals surface area contributed by atoms with Crippen LogP contribution >= 0.6 is 0 Å². The van der Waals surface area contributed by atoms with Crippen LogP contribution in [0.1, 0.15) is 27.2 Å². The number of morpholine rings is 1. The summed E-state index contributed by atoms with van der Waals surface area (Å²) in [7, 11) is 1.90. The van der Waals surface area contributed by atoms with Gasteiger partial charge in [0, 0.05) is 24.7 Å². The van der Waals surface area contributed by atoms with E-state index in [2.05, 4.69) is 31.0 Å². The van der Waals surface area contributed by atoms with Crippen molar-refractivity contribution in [3.63, 3.8) is 0 Å². The third kappa shape index (κ3) is 3.70. The molecule has 0 amide bonds. The van der Waals surface area contributed by atoms with Crippen LogP contribution in [0.15, 0.2) is 0 Å². The zero-order valence-electron chi connectivity index (χ0n) is 11.0. The molecule has 96 valence electrons. The number of nitrogens with zero attached hydrogens (tertiary/aromatic N) is 1. The van der Waals surface area contributed by atoms with Gasteiger partial charge >= 0.3 is 0 Å². The lowest BCUT2D eigenvalue weighted by atomic mass is 9.98. The van der Waals surface area contributed by atoms with Crippen molar-refractivity contribution in [3.8, 4) is 0 Å². The maximum Gasteiger partial charge on any atom is 0.0674 e. The third-order valence-electron chi connectivity index (χ3n) is 3.64. The lowest BCUT2D eigenvalue weighted by Crippen LogP contribution is -2.51. The van der Waals surface area contributed by atoms with Crippen molar-refractivity contribution in [3.05, 3.63) is 0 Å². The topological polar surface area (TPSA) is 44.7 Å². The smallest absolute Gasteiger partial charge is 0.0674 e. The summed E-state index contributed by atoms with van der Waals surface area (Å²) in [5, 5.41) is 12.5. The lowest BCUT2D eigenvalue weighted by molar-refractivity contribution is -0.0521. The molecular weight excluding hydrogens is 204 g/mol. The average Bonchev–Trinajstić information content (AvgIpc) is 2.30. The molecule has 0 aromatic heterocycles. The summed E-state index contributed by atoms with van der Waals surface area (Å²) in [4.78, 5) is 2.44. The van der Waals surface area contributed by atoms with Gasteiger partial charge < -0.3 is 15.2 Å². The molecule has 1 rings (SSSR count). The summed E-state index contributed by atoms with van der Waals surface area (Å²) in [6.45, 7) is 9.36. The molecule has 3 atom stereocenters. The van der Waals surface area contributed by atoms with Crippen LogP contribution in [-0.2, 0) is 4.74 Å². The summed E-state index contributed by atoms with van der Waals surface area (Å²) in [6.07, 6.45) is 1.28. The van der Waals surface area contributed by atoms with Crippen LogP contribution in [0.3, 0.4) is 0 Å². The molecule has 16 heavy (non-hydrogen) atoms. The van der Waals surface area contributed by atoms with E-state index in [4.69, 9.17) is 4.74 Å². The maximum absolute atomic E-state index is 9.33. The molecule has 3 unspecified atom stereocenters. The molecule has 0 radical (unpaired) electrons. The number of rotatable bonds is 5. The SMILES string of the molecule is CNC(C)(CO)CCN1CC(C)OCC1C. The molecule has 1 fully saturated rings. The van der Waals surface area contributed by atoms with Crippen LogP contribution in [0, 0.1) is 0 Å². The summed E-state index contributed by atoms with van der Waals surface area (Å²) in [6, 6.07) is 0.482. The molecule has 1 heterocycles. The minimum absolute atomic E-state index is 0.165. The second-order valence-corrected chi connectivity index (χ2v) is 5.21. The first-order chi connectivity index (χ1) is 7.50. The molecule has 1 aliphatic heterocycles. The van der Waals surface area contributed by atoms with Gasteiger partial charge in [-0.05, 0) is 34.2 Å². The molecule has 0 spiro atoms. The highest BCUT2D eigenvalue weighted by Crippen LogP contribution is 2.15. The largest absolute Gasteiger partial charge is 0.394 e. The number of likely N-dealkylation sites (N-methyl/N-ethyl adjacent to an activating group) is 1. The van der Waals surface area contributed by atoms with Gasteiger partial charge in [-0.3, -0.25) is 4.90 Å². The van der Waals surface area contributed by atoms with Crippen molar-refractivity contribution < 1.29 is 9.84 Å². The first kappa shape index (κ1) is 13.9. The molecule has 4 heteroatoms. The fourth-order valence-corrected chi connectivity index (χ4v) is 1.96. The molecule has 1 aliphatic rings. The molecule has 0 aromatic carbocycles. The second-order valence-electron chi connectivity index (χ2n) is 5.21. The van der Waals surface area contributed by atoms with Crippen molar-refractivity contribution in [2.24, 2.45) is 0 Å². The molecule has 4 nitrogen and oxygen atoms in total. The summed E-state index contributed by atoms with van der Waals surface area (Å²) in [5.74, 6) is 0. The highest BCUT2D eigenvalue weighted by Gasteiger charge is 2.27. The Labute approximate surface area is 99.0 Å². The van der Waals surface area contributed by atoms with Crippen molar-refractivity contribution >= 4 is 0 Å². The molecule has 2 N–H and O–H groups in total. The first-order valence-corrected chi connectivity index (χ1v) is 6.16. The summed E-state index contributed by atoms with van der Waals surface area (Å²) >= 11 is 0. The quantitative estimate of drug-likeness (QED) is 0.720. The van der Waals surface area contributed by atoms with Crippen LogP contribution in [0.4, 0.5) is 0 Å². The van der Waals surface area contributed by atoms with Crippen molar-refractivity contribution in [1.82, 2.24) is 10.2 Å². The Kier molecular flexibility index (Phi) is 5.18. The molecule has 0 aliphatic carbocycles. The molecular formula is C12H26N2O2. The van der Waals surface area contributed by atoms with Crippen LogP contribution in [-0.4, -0.2) is 61.0 Å². The zero-order valence-corrected chi connectivity index (χ0v) is 11.0. The monoisotopic (exact) mass is 230 g/mol. The predicted octanol–water partition coefficient (Wildman–Crippen LogP) is 0.456. The van der Waals surface area contributed by atoms with Gasteiger partial charge in [0.05, 0.1) is 19.3 Å². The van der Waals surface area contributed by atoms with E-state index < -0.39 is 0 Å². The lowest BCUT2D eigenvalue weighted by Gasteiger charge is -2.39. The highest BCUT2D eigenvalue weighted by atomic mass is 16.5. The molecule has 0 aromatic rings. The van der Waals surface area contributed by atoms with Crippen LogP contribution in [0.5, 0.6) is 0 Å². The van der Waals surface area contributed by atoms with Gasteiger partial charge in [-0.15, -0.1) is 0 Å². The van der Waals surface area contributed by atoms with E-state index in [1.165, 1.54) is 0 Å². The third-order valence-corrected chi connectivity index (χ3v) is 3.64. The number of aliphatic hydroxyl groups excluding tert-OH is 1. The fraction of sp³-hybridized carbons (Fsp3) is 1.00. The predicted molar refractivity (Wildman–Crippen MR) is 65.6 cm³/mol. The number of ether oxygens (including phenoxy) is 1. The van der Waals surface area contributed by atoms with Gasteiger partial charge in [0.25, 0.3) is 0 Å². The van der Waals surface area contributed by atoms with E-state index in [9.17, 15) is 5.11 Å². The Bertz CT molecular complexity index is 207. The zero-order chi connectivity index (χ0) is 12.2. The van der Waals surface area contributed by atoms with Crippen LogP contribution < -0.4 is 5.32 Å². The van der Waals surface area contributed by atoms with Crippen LogP contribution in [0.2, 0.25) is 0 Å². The minimum Gasteiger partial charge on any atom is -0.394 e. The minimum atomic E-state index is -0.165. The Morgan fingerprint density at radius 3 is 2.75 bits per heavy atom. The van der Waals surface area contributed by atoms with Crippen molar-refractivity contribution in [2.75, 3.05) is 33.4 Å². The Morgan fingerprint density at radius 1 is 1.50 bits per heavy atom. The Morgan fingerprint density at radius 2 is 2.19 bits per heavy atom. The Hall–Kier alpha value is -0.160. The number of hydrogen-bond acceptors (Lipinski definition) is 4. The van der Waals surface area contributed by atoms with E-state index in [0.29, 0.717) is 12.1 Å². The van der Waals surface area contributed by atoms with Crippen molar-refractivity contribution in [1.29, 1.82) is 0 Å². The number of hydrogen-bond donors (Lipinski definition) is 2. The maximum atomic E-state index is 9.33. The fourth-order valence-electron chi connectivity index (χ4n) is 1.96. The molecule has 1 saturated heterocycles. The second kappa shape index (κ2) is 5.96. The van der Waals surface area contributed by atoms with Gasteiger partial charge in [0.1, 0.15) is 0 Å². The van der Waals surface area contributed by atoms with E-state index in [1.54, 1.807) is 0 Å². The number of nitrogens with one attached hydrogen (secondary N) is 1. The number of aliphatic hydroxyl groups is 1. The van der Waals surface area contributed by atoms with Gasteiger partial charge in [-0.25, -0.2) is 0 Å². The normalized spacial score (nSPS) is 31.3. The standard InChI is InChI=1S/C12H26N2O2/c1-10-8-16-11(2)7-14(10)6-5-12(3,9-15)13-4/h10-11,13,15H,5-9H2,1-4H3. The first-order valence-electron chi connectivity index (χ1n) is 6.16. The molecule has 0 bridgehead atoms. The van der Waals surface area contributed by atoms with Crippen molar-refractivity contribution in [2.45, 2.75) is 44.9 Å². The van der Waals surface area contributed by atoms with E-state index in [-0.39, 0.29) is 12.1 Å². The summed E-state index contributed by atoms with van der Waals surface area (Å²) in [5.41, 5.74) is -0.165. The van der Waals surface area contributed by atoms with Gasteiger partial charge in [-0.1, -0.05) is 0 Å². The summed E-state index contributed by atoms with van der Waals surface area (Å²) < 4.78 is 5.60. The van der Waals surface area contributed by atoms with E-state index in [0.717, 1.165) is 26.1 Å². The highest BCUT2D eigenvalue weighted by molar-refractivity contribution is 4.84. The van der Waals surface area contributed by atoms with Gasteiger partial charge in [0.15, 0.2) is 0 Å². The average molecular weight is 230 g/mol. The van der Waals surface area contributed by atoms with E-state index >= 15 is 0 Å². The van der Waals surface area contributed by atoms with E-state index in [1.807, 2.05) is 7.05 Å². The molecule has 0 saturated carbocycles.